The van der Waals surface area contributed by atoms with Crippen molar-refractivity contribution in [2.24, 2.45) is 23.5 Å². The van der Waals surface area contributed by atoms with E-state index < -0.39 is 58.0 Å². The van der Waals surface area contributed by atoms with Gasteiger partial charge in [0.25, 0.3) is 5.91 Å². The third-order valence-electron chi connectivity index (χ3n) is 10.4. The number of hydrogen-bond donors (Lipinski definition) is 5. The van der Waals surface area contributed by atoms with Crippen molar-refractivity contribution in [2.45, 2.75) is 43.9 Å². The first kappa shape index (κ1) is 32.4. The molecule has 4 atom stereocenters. The van der Waals surface area contributed by atoms with E-state index in [9.17, 15) is 39.6 Å². The molecule has 0 spiro atoms. The van der Waals surface area contributed by atoms with Crippen LogP contribution in [0.1, 0.15) is 40.7 Å². The predicted octanol–water partition coefficient (Wildman–Crippen LogP) is 2.17. The molecule has 47 heavy (non-hydrogen) atoms. The van der Waals surface area contributed by atoms with Gasteiger partial charge in [-0.25, -0.2) is 0 Å². The van der Waals surface area contributed by atoms with E-state index in [0.717, 1.165) is 42.6 Å². The minimum absolute atomic E-state index is 0.0203. The number of carbonyl (C=O) groups is 4. The first-order valence-corrected chi connectivity index (χ1v) is 15.7. The molecule has 1 saturated heterocycles. The smallest absolute Gasteiger partial charge is 0.308 e. The fraction of sp³-hybridized carbons (Fsp3) is 0.429. The number of methoxy groups -OCH3 is 1. The van der Waals surface area contributed by atoms with Gasteiger partial charge in [0, 0.05) is 18.0 Å². The minimum atomic E-state index is -2.68. The van der Waals surface area contributed by atoms with E-state index in [-0.39, 0.29) is 41.6 Å². The molecule has 2 aromatic carbocycles. The van der Waals surface area contributed by atoms with Gasteiger partial charge in [0.15, 0.2) is 11.4 Å². The van der Waals surface area contributed by atoms with Gasteiger partial charge in [0.2, 0.25) is 5.78 Å². The van der Waals surface area contributed by atoms with Gasteiger partial charge in [0.05, 0.1) is 24.6 Å². The number of amides is 1. The molecule has 1 amide bonds. The highest BCUT2D eigenvalue weighted by atomic mass is 16.5. The number of rotatable bonds is 6. The maximum Gasteiger partial charge on any atom is 0.308 e. The fourth-order valence-electron chi connectivity index (χ4n) is 8.06. The molecule has 2 aromatic rings. The van der Waals surface area contributed by atoms with Crippen LogP contribution >= 0.6 is 0 Å². The van der Waals surface area contributed by atoms with Gasteiger partial charge < -0.3 is 30.9 Å². The average Bonchev–Trinajstić information content (AvgIpc) is 3.03. The van der Waals surface area contributed by atoms with Crippen molar-refractivity contribution in [3.8, 4) is 16.9 Å². The highest BCUT2D eigenvalue weighted by molar-refractivity contribution is 6.24. The van der Waals surface area contributed by atoms with Gasteiger partial charge in [-0.3, -0.25) is 29.0 Å². The summed E-state index contributed by atoms with van der Waals surface area (Å²) in [6.45, 7) is 2.28. The van der Waals surface area contributed by atoms with E-state index in [1.165, 1.54) is 18.1 Å². The third-order valence-corrected chi connectivity index (χ3v) is 10.4. The number of phenols is 1. The first-order chi connectivity index (χ1) is 22.3. The van der Waals surface area contributed by atoms with Crippen LogP contribution in [0.5, 0.6) is 5.75 Å². The van der Waals surface area contributed by atoms with E-state index in [2.05, 4.69) is 4.90 Å². The maximum absolute atomic E-state index is 14.0. The third kappa shape index (κ3) is 5.11. The molecular weight excluding hydrogens is 606 g/mol. The summed E-state index contributed by atoms with van der Waals surface area (Å²) in [4.78, 5) is 55.4. The molecule has 248 valence electrons. The van der Waals surface area contributed by atoms with Crippen LogP contribution in [-0.2, 0) is 32.1 Å². The SMILES string of the molecule is COC(=O)C1CCN(Cc2ccc(-c3ccc(O)c4c3C[C@H]3C[C@H]5[C@H](N(C)C)C(O)=C(C(N)=O)C(=O)[C@@]5(O)C(O)=C3C4=O)cc2)CC1. The number of nitrogens with zero attached hydrogens (tertiary/aromatic N) is 2. The molecule has 0 aromatic heterocycles. The maximum atomic E-state index is 14.0. The van der Waals surface area contributed by atoms with E-state index >= 15 is 0 Å². The minimum Gasteiger partial charge on any atom is -0.510 e. The topological polar surface area (TPSA) is 191 Å². The average molecular weight is 646 g/mol. The van der Waals surface area contributed by atoms with Crippen molar-refractivity contribution in [2.75, 3.05) is 34.3 Å². The molecule has 1 aliphatic heterocycles. The number of primary amides is 1. The van der Waals surface area contributed by atoms with Gasteiger partial charge in [-0.2, -0.15) is 0 Å². The summed E-state index contributed by atoms with van der Waals surface area (Å²) in [5, 5.41) is 45.2. The Hall–Kier alpha value is -4.52. The lowest BCUT2D eigenvalue weighted by Gasteiger charge is -2.50. The molecule has 12 nitrogen and oxygen atoms in total. The van der Waals surface area contributed by atoms with Crippen LogP contribution in [-0.4, -0.2) is 99.6 Å². The Balaban J connectivity index is 1.33. The second-order valence-corrected chi connectivity index (χ2v) is 13.2. The molecule has 0 bridgehead atoms. The zero-order chi connectivity index (χ0) is 33.9. The number of likely N-dealkylation sites (tertiary alicyclic amines) is 1. The molecule has 12 heteroatoms. The van der Waals surface area contributed by atoms with E-state index in [0.29, 0.717) is 12.1 Å². The number of likely N-dealkylation sites (N-methyl/N-ethyl adjacent to an activating group) is 1. The van der Waals surface area contributed by atoms with Gasteiger partial charge in [0.1, 0.15) is 22.8 Å². The van der Waals surface area contributed by atoms with E-state index in [4.69, 9.17) is 10.5 Å². The Labute approximate surface area is 271 Å². The summed E-state index contributed by atoms with van der Waals surface area (Å²) in [6, 6.07) is 10.0. The largest absolute Gasteiger partial charge is 0.510 e. The summed E-state index contributed by atoms with van der Waals surface area (Å²) >= 11 is 0. The lowest BCUT2D eigenvalue weighted by molar-refractivity contribution is -0.148. The van der Waals surface area contributed by atoms with Crippen LogP contribution in [0, 0.1) is 17.8 Å². The molecule has 3 aliphatic carbocycles. The van der Waals surface area contributed by atoms with Crippen molar-refractivity contribution < 1.29 is 44.3 Å². The molecule has 0 unspecified atom stereocenters. The zero-order valence-electron chi connectivity index (χ0n) is 26.5. The number of ether oxygens (including phenoxy) is 1. The number of fused-ring (bicyclic) bond motifs is 3. The molecule has 4 aliphatic rings. The number of benzene rings is 2. The summed E-state index contributed by atoms with van der Waals surface area (Å²) in [6.07, 6.45) is 1.71. The number of piperidine rings is 1. The number of aromatic hydroxyl groups is 1. The summed E-state index contributed by atoms with van der Waals surface area (Å²) in [5.41, 5.74) is 4.86. The number of Topliss-reactive ketones (excluding diaryl/α,β-unsaturated/α-hetero) is 2. The Morgan fingerprint density at radius 1 is 1.04 bits per heavy atom. The summed E-state index contributed by atoms with van der Waals surface area (Å²) < 4.78 is 4.89. The van der Waals surface area contributed by atoms with Gasteiger partial charge in [-0.05, 0) is 87.1 Å². The van der Waals surface area contributed by atoms with Crippen LogP contribution in [0.2, 0.25) is 0 Å². The van der Waals surface area contributed by atoms with Crippen LogP contribution in [0.25, 0.3) is 11.1 Å². The van der Waals surface area contributed by atoms with Crippen molar-refractivity contribution >= 4 is 23.4 Å². The monoisotopic (exact) mass is 645 g/mol. The zero-order valence-corrected chi connectivity index (χ0v) is 26.5. The molecular formula is C35H39N3O9. The number of nitrogens with two attached hydrogens (primary N) is 1. The number of phenolic OH excluding ortho intramolecular Hbond substituents is 1. The number of aliphatic hydroxyl groups is 3. The number of allylic oxidation sites excluding steroid dienone is 1. The number of esters is 1. The molecule has 6 N–H and O–H groups in total. The standard InChI is InChI=1S/C35H39N3O9/c1-37(2)28-23-15-20-14-22-21(18-6-4-17(5-7-18)16-38-12-10-19(11-13-38)34(45)47-3)8-9-24(39)26(22)29(40)25(20)31(42)35(23,46)32(43)27(30(28)41)33(36)44/h4-9,19-20,23,28,39,41-42,46H,10-16H2,1-3H3,(H2,36,44)/t20-,23-,28-,35-/m0/s1. The Morgan fingerprint density at radius 3 is 2.30 bits per heavy atom. The molecule has 0 radical (unpaired) electrons. The Bertz CT molecular complexity index is 1740. The van der Waals surface area contributed by atoms with Crippen LogP contribution in [0.15, 0.2) is 59.1 Å². The summed E-state index contributed by atoms with van der Waals surface area (Å²) in [5.74, 6) is -7.02. The van der Waals surface area contributed by atoms with Crippen molar-refractivity contribution in [1.82, 2.24) is 9.80 Å². The van der Waals surface area contributed by atoms with Gasteiger partial charge in [-0.15, -0.1) is 0 Å². The van der Waals surface area contributed by atoms with Crippen LogP contribution in [0.3, 0.4) is 0 Å². The second kappa shape index (κ2) is 11.9. The predicted molar refractivity (Wildman–Crippen MR) is 169 cm³/mol. The Kier molecular flexibility index (Phi) is 8.23. The fourth-order valence-corrected chi connectivity index (χ4v) is 8.06. The van der Waals surface area contributed by atoms with Gasteiger partial charge >= 0.3 is 5.97 Å². The number of aliphatic hydroxyl groups excluding tert-OH is 2. The van der Waals surface area contributed by atoms with E-state index in [1.807, 2.05) is 24.3 Å². The van der Waals surface area contributed by atoms with E-state index in [1.54, 1.807) is 20.2 Å². The number of ketones is 2. The number of carbonyl (C=O) groups excluding carboxylic acids is 4. The normalized spacial score (nSPS) is 26.6. The van der Waals surface area contributed by atoms with Crippen molar-refractivity contribution in [3.63, 3.8) is 0 Å². The molecule has 1 fully saturated rings. The van der Waals surface area contributed by atoms with Crippen LogP contribution in [0.4, 0.5) is 0 Å². The quantitative estimate of drug-likeness (QED) is 0.229. The lowest BCUT2D eigenvalue weighted by Crippen LogP contribution is -2.63. The Morgan fingerprint density at radius 2 is 1.70 bits per heavy atom. The van der Waals surface area contributed by atoms with Gasteiger partial charge in [-0.1, -0.05) is 30.3 Å². The second-order valence-electron chi connectivity index (χ2n) is 13.2. The molecule has 0 saturated carbocycles. The van der Waals surface area contributed by atoms with Crippen molar-refractivity contribution in [3.05, 3.63) is 75.8 Å². The molecule has 1 heterocycles. The lowest BCUT2D eigenvalue weighted by atomic mass is 9.58. The van der Waals surface area contributed by atoms with Crippen molar-refractivity contribution in [1.29, 1.82) is 0 Å². The summed E-state index contributed by atoms with van der Waals surface area (Å²) in [7, 11) is 4.60. The highest BCUT2D eigenvalue weighted by Crippen LogP contribution is 2.53. The first-order valence-electron chi connectivity index (χ1n) is 15.7. The highest BCUT2D eigenvalue weighted by Gasteiger charge is 2.63. The van der Waals surface area contributed by atoms with Crippen LogP contribution < -0.4 is 5.73 Å². The number of hydrogen-bond acceptors (Lipinski definition) is 11. The molecule has 6 rings (SSSR count).